The predicted octanol–water partition coefficient (Wildman–Crippen LogP) is -0.0212. The van der Waals surface area contributed by atoms with Crippen molar-refractivity contribution in [1.29, 1.82) is 0 Å². The van der Waals surface area contributed by atoms with Crippen molar-refractivity contribution < 1.29 is 13.5 Å². The number of likely N-dealkylation sites (N-methyl/N-ethyl adjacent to an activating group) is 1. The van der Waals surface area contributed by atoms with E-state index in [-0.39, 0.29) is 4.90 Å². The van der Waals surface area contributed by atoms with Crippen molar-refractivity contribution in [2.24, 2.45) is 0 Å². The quantitative estimate of drug-likeness (QED) is 0.833. The number of piperazine rings is 1. The van der Waals surface area contributed by atoms with Gasteiger partial charge >= 0.3 is 0 Å². The van der Waals surface area contributed by atoms with Gasteiger partial charge in [0, 0.05) is 45.5 Å². The third kappa shape index (κ3) is 3.50. The van der Waals surface area contributed by atoms with E-state index in [0.29, 0.717) is 31.9 Å². The Kier molecular flexibility index (Phi) is 4.35. The molecule has 1 aromatic rings. The molecule has 0 aromatic carbocycles. The van der Waals surface area contributed by atoms with Crippen molar-refractivity contribution >= 4 is 15.8 Å². The van der Waals surface area contributed by atoms with Crippen LogP contribution in [0, 0.1) is 0 Å². The summed E-state index contributed by atoms with van der Waals surface area (Å²) in [5.41, 5.74) is -0.702. The van der Waals surface area contributed by atoms with Gasteiger partial charge in [-0.25, -0.2) is 13.4 Å². The number of β-amino-alcohol motifs (C(OH)–C–C–N with tert-alkyl or cyclic N) is 1. The number of aromatic nitrogens is 1. The van der Waals surface area contributed by atoms with Crippen LogP contribution >= 0.6 is 0 Å². The molecule has 1 N–H and O–H groups in total. The topological polar surface area (TPSA) is 77.0 Å². The predicted molar refractivity (Wildman–Crippen MR) is 87.9 cm³/mol. The maximum atomic E-state index is 12.6. The molecule has 0 spiro atoms. The maximum Gasteiger partial charge on any atom is 0.244 e. The van der Waals surface area contributed by atoms with Crippen molar-refractivity contribution in [1.82, 2.24) is 14.2 Å². The molecule has 0 saturated carbocycles. The fourth-order valence-electron chi connectivity index (χ4n) is 3.03. The number of anilines is 1. The van der Waals surface area contributed by atoms with E-state index in [9.17, 15) is 13.5 Å². The maximum absolute atomic E-state index is 12.6. The molecular formula is C15H24N4O3S. The lowest BCUT2D eigenvalue weighted by Gasteiger charge is -2.31. The molecule has 2 aliphatic rings. The summed E-state index contributed by atoms with van der Waals surface area (Å²) in [6.07, 6.45) is 2.12. The van der Waals surface area contributed by atoms with Gasteiger partial charge in [0.1, 0.15) is 10.7 Å². The fraction of sp³-hybridized carbons (Fsp3) is 0.667. The van der Waals surface area contributed by atoms with E-state index in [1.54, 1.807) is 19.1 Å². The summed E-state index contributed by atoms with van der Waals surface area (Å²) in [4.78, 5) is 8.63. The molecule has 2 aliphatic heterocycles. The number of pyridine rings is 1. The van der Waals surface area contributed by atoms with E-state index in [2.05, 4.69) is 9.88 Å². The van der Waals surface area contributed by atoms with Crippen molar-refractivity contribution in [3.8, 4) is 0 Å². The van der Waals surface area contributed by atoms with Gasteiger partial charge in [-0.15, -0.1) is 0 Å². The van der Waals surface area contributed by atoms with Crippen molar-refractivity contribution in [3.63, 3.8) is 0 Å². The van der Waals surface area contributed by atoms with E-state index in [1.807, 2.05) is 11.9 Å². The molecule has 7 nitrogen and oxygen atoms in total. The van der Waals surface area contributed by atoms with Crippen molar-refractivity contribution in [3.05, 3.63) is 18.3 Å². The minimum Gasteiger partial charge on any atom is -0.388 e. The molecule has 8 heteroatoms. The summed E-state index contributed by atoms with van der Waals surface area (Å²) < 4.78 is 26.8. The molecule has 23 heavy (non-hydrogen) atoms. The first-order valence-corrected chi connectivity index (χ1v) is 9.34. The lowest BCUT2D eigenvalue weighted by atomic mass is 10.1. The number of nitrogens with zero attached hydrogens (tertiary/aromatic N) is 4. The summed E-state index contributed by atoms with van der Waals surface area (Å²) in [6.45, 7) is 5.56. The molecule has 1 aromatic heterocycles. The second kappa shape index (κ2) is 6.01. The van der Waals surface area contributed by atoms with Crippen LogP contribution in [0.15, 0.2) is 23.2 Å². The Morgan fingerprint density at radius 3 is 2.39 bits per heavy atom. The summed E-state index contributed by atoms with van der Waals surface area (Å²) in [5.74, 6) is 0.708. The molecule has 1 atom stereocenters. The van der Waals surface area contributed by atoms with Gasteiger partial charge in [-0.2, -0.15) is 4.31 Å². The normalized spacial score (nSPS) is 27.5. The Bertz CT molecular complexity index is 652. The van der Waals surface area contributed by atoms with E-state index in [4.69, 9.17) is 0 Å². The van der Waals surface area contributed by atoms with E-state index in [1.165, 1.54) is 10.5 Å². The first-order chi connectivity index (χ1) is 10.8. The standard InChI is InChI=1S/C15H24N4O3S/c1-15(20)5-6-18(12-15)14-4-3-13(11-16-14)23(21,22)19-9-7-17(2)8-10-19/h3-4,11,20H,5-10,12H2,1-2H3. The summed E-state index contributed by atoms with van der Waals surface area (Å²) >= 11 is 0. The third-order valence-electron chi connectivity index (χ3n) is 4.60. The van der Waals surface area contributed by atoms with Gasteiger partial charge in [-0.05, 0) is 32.5 Å². The number of sulfonamides is 1. The van der Waals surface area contributed by atoms with Gasteiger partial charge in [0.15, 0.2) is 0 Å². The fourth-order valence-corrected chi connectivity index (χ4v) is 4.40. The van der Waals surface area contributed by atoms with Gasteiger partial charge in [0.25, 0.3) is 0 Å². The monoisotopic (exact) mass is 340 g/mol. The molecule has 128 valence electrons. The van der Waals surface area contributed by atoms with Gasteiger partial charge < -0.3 is 14.9 Å². The number of hydrogen-bond acceptors (Lipinski definition) is 6. The lowest BCUT2D eigenvalue weighted by Crippen LogP contribution is -2.47. The molecule has 0 bridgehead atoms. The molecule has 0 amide bonds. The summed E-state index contributed by atoms with van der Waals surface area (Å²) in [7, 11) is -1.48. The molecule has 0 aliphatic carbocycles. The highest BCUT2D eigenvalue weighted by Crippen LogP contribution is 2.26. The zero-order valence-corrected chi connectivity index (χ0v) is 14.5. The Morgan fingerprint density at radius 2 is 1.87 bits per heavy atom. The van der Waals surface area contributed by atoms with Gasteiger partial charge in [0.2, 0.25) is 10.0 Å². The van der Waals surface area contributed by atoms with E-state index >= 15 is 0 Å². The van der Waals surface area contributed by atoms with Gasteiger partial charge in [-0.3, -0.25) is 0 Å². The zero-order valence-electron chi connectivity index (χ0n) is 13.6. The van der Waals surface area contributed by atoms with Gasteiger partial charge in [-0.1, -0.05) is 0 Å². The summed E-state index contributed by atoms with van der Waals surface area (Å²) in [5, 5.41) is 10.0. The van der Waals surface area contributed by atoms with Crippen LogP contribution in [0.25, 0.3) is 0 Å². The largest absolute Gasteiger partial charge is 0.388 e. The lowest BCUT2D eigenvalue weighted by molar-refractivity contribution is 0.0839. The average Bonchev–Trinajstić information content (AvgIpc) is 2.88. The van der Waals surface area contributed by atoms with Crippen molar-refractivity contribution in [2.75, 3.05) is 51.2 Å². The highest BCUT2D eigenvalue weighted by Gasteiger charge is 2.32. The first-order valence-electron chi connectivity index (χ1n) is 7.90. The van der Waals surface area contributed by atoms with Gasteiger partial charge in [0.05, 0.1) is 5.60 Å². The van der Waals surface area contributed by atoms with Crippen LogP contribution < -0.4 is 4.90 Å². The van der Waals surface area contributed by atoms with Crippen LogP contribution in [-0.4, -0.2) is 79.6 Å². The first kappa shape index (κ1) is 16.6. The molecule has 3 heterocycles. The number of aliphatic hydroxyl groups is 1. The Morgan fingerprint density at radius 1 is 1.17 bits per heavy atom. The minimum atomic E-state index is -3.47. The highest BCUT2D eigenvalue weighted by molar-refractivity contribution is 7.89. The Balaban J connectivity index is 1.74. The molecule has 3 rings (SSSR count). The SMILES string of the molecule is CN1CCN(S(=O)(=O)c2ccc(N3CCC(C)(O)C3)nc2)CC1. The summed E-state index contributed by atoms with van der Waals surface area (Å²) in [6, 6.07) is 3.34. The molecule has 2 fully saturated rings. The van der Waals surface area contributed by atoms with Crippen LogP contribution in [-0.2, 0) is 10.0 Å². The zero-order chi connectivity index (χ0) is 16.7. The Hall–Kier alpha value is -1.22. The van der Waals surface area contributed by atoms with Crippen molar-refractivity contribution in [2.45, 2.75) is 23.8 Å². The third-order valence-corrected chi connectivity index (χ3v) is 6.48. The van der Waals surface area contributed by atoms with Crippen LogP contribution in [0.4, 0.5) is 5.82 Å². The van der Waals surface area contributed by atoms with E-state index in [0.717, 1.165) is 19.6 Å². The second-order valence-corrected chi connectivity index (χ2v) is 8.67. The molecule has 1 unspecified atom stereocenters. The molecular weight excluding hydrogens is 316 g/mol. The van der Waals surface area contributed by atoms with E-state index < -0.39 is 15.6 Å². The average molecular weight is 340 g/mol. The minimum absolute atomic E-state index is 0.233. The number of hydrogen-bond donors (Lipinski definition) is 1. The number of rotatable bonds is 3. The Labute approximate surface area is 137 Å². The molecule has 0 radical (unpaired) electrons. The smallest absolute Gasteiger partial charge is 0.244 e. The van der Waals surface area contributed by atoms with Crippen LogP contribution in [0.2, 0.25) is 0 Å². The second-order valence-electron chi connectivity index (χ2n) is 6.73. The molecule has 2 saturated heterocycles. The van der Waals surface area contributed by atoms with Crippen LogP contribution in [0.5, 0.6) is 0 Å². The highest BCUT2D eigenvalue weighted by atomic mass is 32.2. The van der Waals surface area contributed by atoms with Crippen LogP contribution in [0.3, 0.4) is 0 Å². The van der Waals surface area contributed by atoms with Crippen LogP contribution in [0.1, 0.15) is 13.3 Å².